The normalized spacial score (nSPS) is 10.3. The van der Waals surface area contributed by atoms with Crippen LogP contribution in [0.15, 0.2) is 72.9 Å². The van der Waals surface area contributed by atoms with E-state index in [9.17, 15) is 4.79 Å². The van der Waals surface area contributed by atoms with Crippen LogP contribution < -0.4 is 0 Å². The van der Waals surface area contributed by atoms with Crippen LogP contribution in [0.2, 0.25) is 0 Å². The second kappa shape index (κ2) is 5.59. The fourth-order valence-electron chi connectivity index (χ4n) is 2.26. The van der Waals surface area contributed by atoms with Gasteiger partial charge in [-0.25, -0.2) is 4.79 Å². The number of pyridine rings is 1. The average molecular weight is 275 g/mol. The first-order chi connectivity index (χ1) is 10.3. The molecular weight excluding hydrogens is 262 g/mol. The highest BCUT2D eigenvalue weighted by Crippen LogP contribution is 2.30. The van der Waals surface area contributed by atoms with Gasteiger partial charge in [0.1, 0.15) is 0 Å². The third kappa shape index (κ3) is 2.67. The summed E-state index contributed by atoms with van der Waals surface area (Å²) >= 11 is 0. The summed E-state index contributed by atoms with van der Waals surface area (Å²) in [6.45, 7) is 0. The van der Waals surface area contributed by atoms with Crippen LogP contribution in [0.5, 0.6) is 0 Å². The van der Waals surface area contributed by atoms with E-state index in [-0.39, 0.29) is 5.56 Å². The molecule has 3 aromatic rings. The number of nitrogens with zero attached hydrogens (tertiary/aromatic N) is 1. The van der Waals surface area contributed by atoms with Crippen molar-refractivity contribution in [1.29, 1.82) is 0 Å². The maximum Gasteiger partial charge on any atom is 0.335 e. The summed E-state index contributed by atoms with van der Waals surface area (Å²) in [4.78, 5) is 15.4. The summed E-state index contributed by atoms with van der Waals surface area (Å²) in [5.41, 5.74) is 4.15. The third-order valence-corrected chi connectivity index (χ3v) is 3.30. The molecule has 102 valence electrons. The van der Waals surface area contributed by atoms with Crippen molar-refractivity contribution in [3.63, 3.8) is 0 Å². The number of carboxylic acids is 1. The predicted octanol–water partition coefficient (Wildman–Crippen LogP) is 4.11. The number of hydrogen-bond acceptors (Lipinski definition) is 2. The van der Waals surface area contributed by atoms with Gasteiger partial charge in [0.25, 0.3) is 0 Å². The van der Waals surface area contributed by atoms with Gasteiger partial charge in [0, 0.05) is 17.3 Å². The van der Waals surface area contributed by atoms with E-state index < -0.39 is 5.97 Å². The highest BCUT2D eigenvalue weighted by molar-refractivity contribution is 5.89. The molecule has 0 unspecified atom stereocenters. The Labute approximate surface area is 122 Å². The maximum atomic E-state index is 10.9. The van der Waals surface area contributed by atoms with Crippen molar-refractivity contribution in [3.05, 3.63) is 78.5 Å². The number of aromatic carboxylic acids is 1. The topological polar surface area (TPSA) is 50.2 Å². The lowest BCUT2D eigenvalue weighted by Crippen LogP contribution is -1.95. The molecule has 0 aliphatic heterocycles. The summed E-state index contributed by atoms with van der Waals surface area (Å²) < 4.78 is 0. The molecule has 1 N–H and O–H groups in total. The van der Waals surface area contributed by atoms with Crippen LogP contribution in [0.25, 0.3) is 22.4 Å². The minimum absolute atomic E-state index is 0.281. The van der Waals surface area contributed by atoms with Crippen LogP contribution in [-0.2, 0) is 0 Å². The lowest BCUT2D eigenvalue weighted by Gasteiger charge is -2.09. The van der Waals surface area contributed by atoms with Gasteiger partial charge in [-0.1, -0.05) is 48.5 Å². The van der Waals surface area contributed by atoms with E-state index >= 15 is 0 Å². The number of hydrogen-bond donors (Lipinski definition) is 1. The molecule has 0 amide bonds. The van der Waals surface area contributed by atoms with Crippen LogP contribution in [0.3, 0.4) is 0 Å². The van der Waals surface area contributed by atoms with Gasteiger partial charge < -0.3 is 5.11 Å². The van der Waals surface area contributed by atoms with Gasteiger partial charge in [-0.2, -0.15) is 0 Å². The number of benzene rings is 2. The summed E-state index contributed by atoms with van der Waals surface area (Å²) in [5, 5.41) is 8.97. The van der Waals surface area contributed by atoms with Gasteiger partial charge in [0.2, 0.25) is 0 Å². The number of carbonyl (C=O) groups is 1. The first kappa shape index (κ1) is 13.1. The van der Waals surface area contributed by atoms with Crippen molar-refractivity contribution in [2.24, 2.45) is 0 Å². The quantitative estimate of drug-likeness (QED) is 0.782. The van der Waals surface area contributed by atoms with Crippen LogP contribution in [-0.4, -0.2) is 16.1 Å². The first-order valence-electron chi connectivity index (χ1n) is 6.60. The van der Waals surface area contributed by atoms with Crippen LogP contribution in [0, 0.1) is 0 Å². The van der Waals surface area contributed by atoms with Gasteiger partial charge in [0.05, 0.1) is 11.3 Å². The monoisotopic (exact) mass is 275 g/mol. The fourth-order valence-corrected chi connectivity index (χ4v) is 2.26. The van der Waals surface area contributed by atoms with Crippen molar-refractivity contribution in [1.82, 2.24) is 4.98 Å². The Bertz CT molecular complexity index is 765. The average Bonchev–Trinajstić information content (AvgIpc) is 2.56. The smallest absolute Gasteiger partial charge is 0.335 e. The van der Waals surface area contributed by atoms with E-state index in [1.807, 2.05) is 54.6 Å². The van der Waals surface area contributed by atoms with E-state index in [2.05, 4.69) is 4.98 Å². The standard InChI is InChI=1S/C18H13NO2/c20-18(21)15-10-8-13(9-11-15)16-7-4-12-19-17(16)14-5-2-1-3-6-14/h1-12H,(H,20,21). The van der Waals surface area contributed by atoms with Crippen molar-refractivity contribution >= 4 is 5.97 Å². The van der Waals surface area contributed by atoms with E-state index in [0.29, 0.717) is 0 Å². The SMILES string of the molecule is O=C(O)c1ccc(-c2cccnc2-c2ccccc2)cc1. The van der Waals surface area contributed by atoms with E-state index in [1.54, 1.807) is 18.3 Å². The van der Waals surface area contributed by atoms with Gasteiger partial charge in [-0.15, -0.1) is 0 Å². The molecule has 0 aliphatic rings. The molecule has 1 aromatic heterocycles. The molecule has 3 rings (SSSR count). The molecule has 0 bridgehead atoms. The molecule has 3 heteroatoms. The lowest BCUT2D eigenvalue weighted by molar-refractivity contribution is 0.0697. The summed E-state index contributed by atoms with van der Waals surface area (Å²) in [6, 6.07) is 20.7. The van der Waals surface area contributed by atoms with E-state index in [4.69, 9.17) is 5.11 Å². The largest absolute Gasteiger partial charge is 0.478 e. The van der Waals surface area contributed by atoms with E-state index in [1.165, 1.54) is 0 Å². The molecule has 0 saturated heterocycles. The zero-order valence-electron chi connectivity index (χ0n) is 11.2. The predicted molar refractivity (Wildman–Crippen MR) is 82.1 cm³/mol. The highest BCUT2D eigenvalue weighted by atomic mass is 16.4. The van der Waals surface area contributed by atoms with Crippen molar-refractivity contribution < 1.29 is 9.90 Å². The molecule has 21 heavy (non-hydrogen) atoms. The summed E-state index contributed by atoms with van der Waals surface area (Å²) in [6.07, 6.45) is 1.76. The number of rotatable bonds is 3. The zero-order valence-corrected chi connectivity index (χ0v) is 11.2. The Hall–Kier alpha value is -2.94. The second-order valence-electron chi connectivity index (χ2n) is 4.65. The molecule has 0 atom stereocenters. The van der Waals surface area contributed by atoms with Crippen LogP contribution in [0.1, 0.15) is 10.4 Å². The molecule has 0 radical (unpaired) electrons. The van der Waals surface area contributed by atoms with Crippen molar-refractivity contribution in [3.8, 4) is 22.4 Å². The van der Waals surface area contributed by atoms with Gasteiger partial charge in [-0.3, -0.25) is 4.98 Å². The molecule has 0 saturated carbocycles. The fraction of sp³-hybridized carbons (Fsp3) is 0. The molecule has 0 fully saturated rings. The van der Waals surface area contributed by atoms with Crippen LogP contribution in [0.4, 0.5) is 0 Å². The highest BCUT2D eigenvalue weighted by Gasteiger charge is 2.09. The Morgan fingerprint density at radius 1 is 0.810 bits per heavy atom. The maximum absolute atomic E-state index is 10.9. The number of aromatic nitrogens is 1. The van der Waals surface area contributed by atoms with Gasteiger partial charge in [0.15, 0.2) is 0 Å². The molecule has 0 spiro atoms. The van der Waals surface area contributed by atoms with Crippen molar-refractivity contribution in [2.45, 2.75) is 0 Å². The Morgan fingerprint density at radius 2 is 1.52 bits per heavy atom. The molecule has 0 aliphatic carbocycles. The van der Waals surface area contributed by atoms with Gasteiger partial charge >= 0.3 is 5.97 Å². The lowest BCUT2D eigenvalue weighted by atomic mass is 9.98. The minimum atomic E-state index is -0.920. The summed E-state index contributed by atoms with van der Waals surface area (Å²) in [5.74, 6) is -0.920. The molecular formula is C18H13NO2. The van der Waals surface area contributed by atoms with E-state index in [0.717, 1.165) is 22.4 Å². The zero-order chi connectivity index (χ0) is 14.7. The van der Waals surface area contributed by atoms with Crippen LogP contribution >= 0.6 is 0 Å². The Kier molecular flexibility index (Phi) is 3.48. The Balaban J connectivity index is 2.09. The second-order valence-corrected chi connectivity index (χ2v) is 4.65. The van der Waals surface area contributed by atoms with Crippen molar-refractivity contribution in [2.75, 3.05) is 0 Å². The Morgan fingerprint density at radius 3 is 2.19 bits per heavy atom. The molecule has 3 nitrogen and oxygen atoms in total. The summed E-state index contributed by atoms with van der Waals surface area (Å²) in [7, 11) is 0. The number of carboxylic acid groups (broad SMARTS) is 1. The van der Waals surface area contributed by atoms with Gasteiger partial charge in [-0.05, 0) is 23.8 Å². The molecule has 2 aromatic carbocycles. The molecule has 1 heterocycles. The minimum Gasteiger partial charge on any atom is -0.478 e. The third-order valence-electron chi connectivity index (χ3n) is 3.30. The first-order valence-corrected chi connectivity index (χ1v) is 6.60.